The van der Waals surface area contributed by atoms with Crippen LogP contribution in [0.2, 0.25) is 0 Å². The van der Waals surface area contributed by atoms with Crippen LogP contribution in [-0.4, -0.2) is 40.7 Å². The van der Waals surface area contributed by atoms with Crippen molar-refractivity contribution >= 4 is 28.5 Å². The molecule has 2 aromatic carbocycles. The Kier molecular flexibility index (Phi) is 5.34. The molecule has 9 heteroatoms. The van der Waals surface area contributed by atoms with Crippen LogP contribution in [0.3, 0.4) is 0 Å². The molecule has 3 aromatic rings. The number of carbonyl (C=O) groups is 2. The molecule has 4 rings (SSSR count). The van der Waals surface area contributed by atoms with Gasteiger partial charge < -0.3 is 19.5 Å². The van der Waals surface area contributed by atoms with Crippen LogP contribution in [-0.2, 0) is 20.9 Å². The van der Waals surface area contributed by atoms with Crippen molar-refractivity contribution < 1.29 is 23.8 Å². The smallest absolute Gasteiger partial charge is 0.326 e. The quantitative estimate of drug-likeness (QED) is 0.639. The zero-order valence-corrected chi connectivity index (χ0v) is 16.2. The monoisotopic (exact) mass is 409 g/mol. The number of hydrogen-bond donors (Lipinski definition) is 1. The molecule has 1 aromatic heterocycles. The number of benzene rings is 2. The number of fused-ring (bicyclic) bond motifs is 2. The topological polar surface area (TPSA) is 109 Å². The fraction of sp³-hybridized carbons (Fsp3) is 0.238. The van der Waals surface area contributed by atoms with E-state index in [1.165, 1.54) is 13.3 Å². The average Bonchev–Trinajstić information content (AvgIpc) is 2.75. The van der Waals surface area contributed by atoms with Gasteiger partial charge in [0, 0.05) is 11.8 Å². The molecule has 1 atom stereocenters. The van der Waals surface area contributed by atoms with E-state index in [2.05, 4.69) is 10.3 Å². The Morgan fingerprint density at radius 1 is 1.17 bits per heavy atom. The Balaban J connectivity index is 1.38. The summed E-state index contributed by atoms with van der Waals surface area (Å²) >= 11 is 0. The van der Waals surface area contributed by atoms with Gasteiger partial charge >= 0.3 is 5.97 Å². The maximum atomic E-state index is 12.5. The minimum atomic E-state index is -1.06. The van der Waals surface area contributed by atoms with Crippen molar-refractivity contribution in [2.24, 2.45) is 0 Å². The fourth-order valence-corrected chi connectivity index (χ4v) is 3.01. The van der Waals surface area contributed by atoms with E-state index in [-0.39, 0.29) is 12.1 Å². The molecule has 1 N–H and O–H groups in total. The Morgan fingerprint density at radius 3 is 2.77 bits per heavy atom. The lowest BCUT2D eigenvalue weighted by Crippen LogP contribution is -2.33. The summed E-state index contributed by atoms with van der Waals surface area (Å²) in [6.45, 7) is 2.01. The molecule has 0 unspecified atom stereocenters. The minimum absolute atomic E-state index is 0.349. The van der Waals surface area contributed by atoms with Crippen molar-refractivity contribution in [2.45, 2.75) is 19.6 Å². The van der Waals surface area contributed by atoms with Gasteiger partial charge in [0.2, 0.25) is 0 Å². The normalized spacial score (nSPS) is 13.5. The lowest BCUT2D eigenvalue weighted by Gasteiger charge is -2.19. The number of amides is 1. The Labute approximate surface area is 171 Å². The number of aromatic nitrogens is 2. The third kappa shape index (κ3) is 4.09. The predicted octanol–water partition coefficient (Wildman–Crippen LogP) is 1.74. The van der Waals surface area contributed by atoms with Gasteiger partial charge in [-0.15, -0.1) is 0 Å². The van der Waals surface area contributed by atoms with E-state index in [0.717, 1.165) is 4.57 Å². The molecule has 1 amide bonds. The van der Waals surface area contributed by atoms with Gasteiger partial charge in [-0.05, 0) is 31.2 Å². The van der Waals surface area contributed by atoms with Crippen LogP contribution in [0.4, 0.5) is 5.69 Å². The summed E-state index contributed by atoms with van der Waals surface area (Å²) in [5.74, 6) is -0.0944. The average molecular weight is 409 g/mol. The predicted molar refractivity (Wildman–Crippen MR) is 108 cm³/mol. The molecule has 0 fully saturated rings. The van der Waals surface area contributed by atoms with Crippen molar-refractivity contribution in [3.05, 3.63) is 59.1 Å². The molecule has 0 saturated heterocycles. The van der Waals surface area contributed by atoms with Gasteiger partial charge in [0.25, 0.3) is 11.5 Å². The van der Waals surface area contributed by atoms with Gasteiger partial charge in [-0.2, -0.15) is 0 Å². The van der Waals surface area contributed by atoms with Gasteiger partial charge in [0.1, 0.15) is 19.8 Å². The van der Waals surface area contributed by atoms with Gasteiger partial charge in [-0.25, -0.2) is 4.98 Å². The molecule has 0 spiro atoms. The largest absolute Gasteiger partial charge is 0.486 e. The first-order chi connectivity index (χ1) is 14.5. The molecule has 0 aliphatic carbocycles. The van der Waals surface area contributed by atoms with Crippen LogP contribution in [0.1, 0.15) is 6.92 Å². The molecule has 2 heterocycles. The minimum Gasteiger partial charge on any atom is -0.486 e. The number of esters is 1. The zero-order chi connectivity index (χ0) is 21.1. The molecular weight excluding hydrogens is 390 g/mol. The Bertz CT molecular complexity index is 1170. The summed E-state index contributed by atoms with van der Waals surface area (Å²) in [6.07, 6.45) is 0.223. The van der Waals surface area contributed by atoms with Crippen molar-refractivity contribution in [3.63, 3.8) is 0 Å². The summed E-state index contributed by atoms with van der Waals surface area (Å²) in [5.41, 5.74) is 0.673. The first kappa shape index (κ1) is 19.4. The highest BCUT2D eigenvalue weighted by molar-refractivity contribution is 5.95. The van der Waals surface area contributed by atoms with Crippen LogP contribution < -0.4 is 20.3 Å². The van der Waals surface area contributed by atoms with Crippen molar-refractivity contribution in [1.82, 2.24) is 9.55 Å². The van der Waals surface area contributed by atoms with E-state index in [1.54, 1.807) is 42.5 Å². The Morgan fingerprint density at radius 2 is 1.93 bits per heavy atom. The van der Waals surface area contributed by atoms with Crippen LogP contribution in [0.5, 0.6) is 11.5 Å². The number of carbonyl (C=O) groups excluding carboxylic acids is 2. The molecule has 0 saturated carbocycles. The summed E-state index contributed by atoms with van der Waals surface area (Å²) in [7, 11) is 0. The third-order valence-corrected chi connectivity index (χ3v) is 4.52. The number of para-hydroxylation sites is 1. The third-order valence-electron chi connectivity index (χ3n) is 4.52. The molecule has 0 radical (unpaired) electrons. The number of nitrogens with zero attached hydrogens (tertiary/aromatic N) is 2. The van der Waals surface area contributed by atoms with E-state index in [4.69, 9.17) is 14.2 Å². The number of anilines is 1. The lowest BCUT2D eigenvalue weighted by molar-refractivity contribution is -0.153. The standard InChI is InChI=1S/C21H19N3O6/c1-13(20(26)23-14-6-7-17-18(10-14)29-9-8-28-17)30-19(25)11-24-12-22-16-5-3-2-4-15(16)21(24)27/h2-7,10,12-13H,8-9,11H2,1H3,(H,23,26)/t13-/m0/s1. The van der Waals surface area contributed by atoms with E-state index < -0.39 is 18.0 Å². The molecule has 0 bridgehead atoms. The van der Waals surface area contributed by atoms with Crippen molar-refractivity contribution in [1.29, 1.82) is 0 Å². The highest BCUT2D eigenvalue weighted by atomic mass is 16.6. The molecule has 1 aliphatic heterocycles. The highest BCUT2D eigenvalue weighted by Crippen LogP contribution is 2.32. The fourth-order valence-electron chi connectivity index (χ4n) is 3.01. The zero-order valence-electron chi connectivity index (χ0n) is 16.2. The van der Waals surface area contributed by atoms with E-state index in [1.807, 2.05) is 0 Å². The number of hydrogen-bond acceptors (Lipinski definition) is 7. The first-order valence-corrected chi connectivity index (χ1v) is 9.35. The number of rotatable bonds is 5. The first-order valence-electron chi connectivity index (χ1n) is 9.35. The SMILES string of the molecule is C[C@H](OC(=O)Cn1cnc2ccccc2c1=O)C(=O)Nc1ccc2c(c1)OCCO2. The summed E-state index contributed by atoms with van der Waals surface area (Å²) in [6, 6.07) is 11.8. The van der Waals surface area contributed by atoms with Crippen LogP contribution in [0, 0.1) is 0 Å². The number of nitrogens with one attached hydrogen (secondary N) is 1. The lowest BCUT2D eigenvalue weighted by atomic mass is 10.2. The summed E-state index contributed by atoms with van der Waals surface area (Å²) < 4.78 is 17.2. The maximum Gasteiger partial charge on any atom is 0.326 e. The molecule has 1 aliphatic rings. The van der Waals surface area contributed by atoms with Gasteiger partial charge in [-0.3, -0.25) is 19.0 Å². The second-order valence-electron chi connectivity index (χ2n) is 6.67. The van der Waals surface area contributed by atoms with Crippen molar-refractivity contribution in [3.8, 4) is 11.5 Å². The van der Waals surface area contributed by atoms with E-state index in [0.29, 0.717) is 41.3 Å². The maximum absolute atomic E-state index is 12.5. The molecular formula is C21H19N3O6. The van der Waals surface area contributed by atoms with Crippen LogP contribution in [0.15, 0.2) is 53.6 Å². The van der Waals surface area contributed by atoms with Gasteiger partial charge in [-0.1, -0.05) is 12.1 Å². The highest BCUT2D eigenvalue weighted by Gasteiger charge is 2.20. The summed E-state index contributed by atoms with van der Waals surface area (Å²) in [5, 5.41) is 3.06. The van der Waals surface area contributed by atoms with Crippen LogP contribution >= 0.6 is 0 Å². The number of ether oxygens (including phenoxy) is 3. The van der Waals surface area contributed by atoms with Gasteiger partial charge in [0.05, 0.1) is 17.2 Å². The molecule has 154 valence electrons. The molecule has 30 heavy (non-hydrogen) atoms. The second-order valence-corrected chi connectivity index (χ2v) is 6.67. The Hall–Kier alpha value is -3.88. The second kappa shape index (κ2) is 8.24. The van der Waals surface area contributed by atoms with E-state index >= 15 is 0 Å². The van der Waals surface area contributed by atoms with E-state index in [9.17, 15) is 14.4 Å². The van der Waals surface area contributed by atoms with Gasteiger partial charge in [0.15, 0.2) is 17.6 Å². The van der Waals surface area contributed by atoms with Crippen molar-refractivity contribution in [2.75, 3.05) is 18.5 Å². The molecule has 9 nitrogen and oxygen atoms in total. The van der Waals surface area contributed by atoms with Crippen LogP contribution in [0.25, 0.3) is 10.9 Å². The summed E-state index contributed by atoms with van der Waals surface area (Å²) in [4.78, 5) is 41.2.